The van der Waals surface area contributed by atoms with E-state index in [0.717, 1.165) is 40.6 Å². The van der Waals surface area contributed by atoms with Crippen molar-refractivity contribution in [3.05, 3.63) is 70.7 Å². The Bertz CT molecular complexity index is 1140. The number of anilines is 1. The van der Waals surface area contributed by atoms with Gasteiger partial charge in [0.15, 0.2) is 0 Å². The first-order chi connectivity index (χ1) is 15.0. The number of methoxy groups -OCH3 is 1. The highest BCUT2D eigenvalue weighted by molar-refractivity contribution is 6.30. The number of fused-ring (bicyclic) bond motifs is 1. The maximum Gasteiger partial charge on any atom is 0.254 e. The number of ether oxygens (including phenoxy) is 1. The van der Waals surface area contributed by atoms with Crippen LogP contribution in [0.25, 0.3) is 10.8 Å². The summed E-state index contributed by atoms with van der Waals surface area (Å²) in [7, 11) is 1.62. The number of hydrogen-bond acceptors (Lipinski definition) is 3. The molecule has 5 nitrogen and oxygen atoms in total. The van der Waals surface area contributed by atoms with Crippen molar-refractivity contribution >= 4 is 39.9 Å². The number of aryl methyl sites for hydroxylation is 1. The van der Waals surface area contributed by atoms with E-state index >= 15 is 0 Å². The van der Waals surface area contributed by atoms with Crippen LogP contribution >= 0.6 is 11.6 Å². The van der Waals surface area contributed by atoms with E-state index in [1.54, 1.807) is 18.1 Å². The van der Waals surface area contributed by atoms with Crippen LogP contribution in [0.5, 0.6) is 5.75 Å². The van der Waals surface area contributed by atoms with Crippen LogP contribution in [0.2, 0.25) is 5.02 Å². The molecule has 3 aromatic rings. The quantitative estimate of drug-likeness (QED) is 0.603. The van der Waals surface area contributed by atoms with Gasteiger partial charge in [-0.15, -0.1) is 0 Å². The Labute approximate surface area is 186 Å². The average molecular weight is 437 g/mol. The van der Waals surface area contributed by atoms with Crippen LogP contribution in [0, 0.1) is 12.8 Å². The number of nitrogens with zero attached hydrogens (tertiary/aromatic N) is 1. The van der Waals surface area contributed by atoms with Gasteiger partial charge in [-0.3, -0.25) is 9.59 Å². The van der Waals surface area contributed by atoms with Crippen LogP contribution in [-0.2, 0) is 4.79 Å². The van der Waals surface area contributed by atoms with Gasteiger partial charge in [0.1, 0.15) is 5.75 Å². The van der Waals surface area contributed by atoms with Gasteiger partial charge in [0, 0.05) is 34.7 Å². The normalized spacial score (nSPS) is 16.2. The number of halogens is 1. The van der Waals surface area contributed by atoms with Gasteiger partial charge in [-0.1, -0.05) is 35.9 Å². The lowest BCUT2D eigenvalue weighted by Crippen LogP contribution is -2.43. The zero-order valence-electron chi connectivity index (χ0n) is 17.7. The van der Waals surface area contributed by atoms with Crippen molar-refractivity contribution < 1.29 is 14.3 Å². The van der Waals surface area contributed by atoms with Crippen LogP contribution in [0.15, 0.2) is 54.6 Å². The number of carbonyl (C=O) groups excluding carboxylic acids is 2. The van der Waals surface area contributed by atoms with Crippen LogP contribution < -0.4 is 10.1 Å². The third-order valence-corrected chi connectivity index (χ3v) is 6.10. The van der Waals surface area contributed by atoms with Gasteiger partial charge >= 0.3 is 0 Å². The second kappa shape index (κ2) is 8.98. The van der Waals surface area contributed by atoms with Gasteiger partial charge in [0.2, 0.25) is 5.91 Å². The van der Waals surface area contributed by atoms with Crippen molar-refractivity contribution in [1.82, 2.24) is 4.90 Å². The Hall–Kier alpha value is -3.05. The molecule has 0 spiro atoms. The maximum absolute atomic E-state index is 13.4. The van der Waals surface area contributed by atoms with E-state index in [-0.39, 0.29) is 17.7 Å². The van der Waals surface area contributed by atoms with E-state index in [1.165, 1.54) is 0 Å². The first-order valence-electron chi connectivity index (χ1n) is 10.4. The molecule has 1 aliphatic rings. The third kappa shape index (κ3) is 4.37. The number of nitrogens with one attached hydrogen (secondary N) is 1. The molecule has 2 amide bonds. The summed E-state index contributed by atoms with van der Waals surface area (Å²) in [5.74, 6) is 0.361. The summed E-state index contributed by atoms with van der Waals surface area (Å²) < 4.78 is 5.44. The maximum atomic E-state index is 13.4. The van der Waals surface area contributed by atoms with Crippen molar-refractivity contribution in [2.24, 2.45) is 5.92 Å². The van der Waals surface area contributed by atoms with Crippen LogP contribution in [0.3, 0.4) is 0 Å². The number of piperidine rings is 1. The lowest BCUT2D eigenvalue weighted by molar-refractivity contribution is -0.121. The van der Waals surface area contributed by atoms with Crippen LogP contribution in [0.1, 0.15) is 28.8 Å². The first kappa shape index (κ1) is 21.2. The SMILES string of the molecule is COc1ccc(C(=O)N2CCC[C@@H](C(=O)Nc3ccc(Cl)cc3C)C2)c2ccccc12. The zero-order chi connectivity index (χ0) is 22.0. The van der Waals surface area contributed by atoms with E-state index in [0.29, 0.717) is 23.7 Å². The number of likely N-dealkylation sites (tertiary alicyclic amines) is 1. The van der Waals surface area contributed by atoms with E-state index in [4.69, 9.17) is 16.3 Å². The summed E-state index contributed by atoms with van der Waals surface area (Å²) in [6.07, 6.45) is 1.54. The summed E-state index contributed by atoms with van der Waals surface area (Å²) in [6, 6.07) is 16.8. The second-order valence-electron chi connectivity index (χ2n) is 7.90. The van der Waals surface area contributed by atoms with Crippen molar-refractivity contribution in [2.45, 2.75) is 19.8 Å². The molecule has 160 valence electrons. The molecule has 0 aliphatic carbocycles. The number of amides is 2. The summed E-state index contributed by atoms with van der Waals surface area (Å²) in [5, 5.41) is 5.39. The van der Waals surface area contributed by atoms with Gasteiger partial charge in [-0.2, -0.15) is 0 Å². The molecule has 0 unspecified atom stereocenters. The Kier molecular flexibility index (Phi) is 6.14. The number of benzene rings is 3. The molecule has 0 bridgehead atoms. The summed E-state index contributed by atoms with van der Waals surface area (Å²) in [5.41, 5.74) is 2.29. The molecule has 1 N–H and O–H groups in total. The first-order valence-corrected chi connectivity index (χ1v) is 10.8. The third-order valence-electron chi connectivity index (χ3n) is 5.86. The number of rotatable bonds is 4. The highest BCUT2D eigenvalue weighted by Gasteiger charge is 2.30. The highest BCUT2D eigenvalue weighted by atomic mass is 35.5. The minimum absolute atomic E-state index is 0.0565. The Morgan fingerprint density at radius 2 is 1.87 bits per heavy atom. The van der Waals surface area contributed by atoms with Gasteiger partial charge in [0.25, 0.3) is 5.91 Å². The monoisotopic (exact) mass is 436 g/mol. The van der Waals surface area contributed by atoms with E-state index in [2.05, 4.69) is 5.32 Å². The van der Waals surface area contributed by atoms with E-state index < -0.39 is 0 Å². The molecule has 1 heterocycles. The highest BCUT2D eigenvalue weighted by Crippen LogP contribution is 2.30. The molecule has 1 atom stereocenters. The summed E-state index contributed by atoms with van der Waals surface area (Å²) >= 11 is 6.01. The summed E-state index contributed by atoms with van der Waals surface area (Å²) in [6.45, 7) is 2.95. The lowest BCUT2D eigenvalue weighted by atomic mass is 9.95. The lowest BCUT2D eigenvalue weighted by Gasteiger charge is -2.32. The largest absolute Gasteiger partial charge is 0.496 e. The molecule has 4 rings (SSSR count). The Balaban J connectivity index is 1.53. The molecular weight excluding hydrogens is 412 g/mol. The Morgan fingerprint density at radius 1 is 1.10 bits per heavy atom. The molecule has 1 aliphatic heterocycles. The van der Waals surface area contributed by atoms with Crippen molar-refractivity contribution in [1.29, 1.82) is 0 Å². The smallest absolute Gasteiger partial charge is 0.254 e. The van der Waals surface area contributed by atoms with Crippen molar-refractivity contribution in [2.75, 3.05) is 25.5 Å². The number of carbonyl (C=O) groups is 2. The average Bonchev–Trinajstić information content (AvgIpc) is 2.79. The fourth-order valence-electron chi connectivity index (χ4n) is 4.18. The standard InChI is InChI=1S/C25H25ClN2O3/c1-16-14-18(26)9-11-22(16)27-24(29)17-6-5-13-28(15-17)25(30)21-10-12-23(31-2)20-8-4-3-7-19(20)21/h3-4,7-12,14,17H,5-6,13,15H2,1-2H3,(H,27,29)/t17-/m1/s1. The predicted octanol–water partition coefficient (Wildman–Crippen LogP) is 5.30. The molecule has 1 saturated heterocycles. The van der Waals surface area contributed by atoms with Crippen LogP contribution in [0.4, 0.5) is 5.69 Å². The molecular formula is C25H25ClN2O3. The van der Waals surface area contributed by atoms with Gasteiger partial charge in [-0.25, -0.2) is 0 Å². The zero-order valence-corrected chi connectivity index (χ0v) is 18.4. The molecule has 31 heavy (non-hydrogen) atoms. The molecule has 3 aromatic carbocycles. The van der Waals surface area contributed by atoms with Crippen LogP contribution in [-0.4, -0.2) is 36.9 Å². The topological polar surface area (TPSA) is 58.6 Å². The molecule has 6 heteroatoms. The number of hydrogen-bond donors (Lipinski definition) is 1. The van der Waals surface area contributed by atoms with Crippen molar-refractivity contribution in [3.63, 3.8) is 0 Å². The predicted molar refractivity (Wildman–Crippen MR) is 124 cm³/mol. The van der Waals surface area contributed by atoms with Crippen molar-refractivity contribution in [3.8, 4) is 5.75 Å². The van der Waals surface area contributed by atoms with Gasteiger partial charge in [0.05, 0.1) is 13.0 Å². The fourth-order valence-corrected chi connectivity index (χ4v) is 4.41. The molecule has 0 radical (unpaired) electrons. The fraction of sp³-hybridized carbons (Fsp3) is 0.280. The van der Waals surface area contributed by atoms with Gasteiger partial charge in [-0.05, 0) is 61.0 Å². The summed E-state index contributed by atoms with van der Waals surface area (Å²) in [4.78, 5) is 28.1. The second-order valence-corrected chi connectivity index (χ2v) is 8.34. The molecule has 0 aromatic heterocycles. The van der Waals surface area contributed by atoms with E-state index in [9.17, 15) is 9.59 Å². The Morgan fingerprint density at radius 3 is 2.61 bits per heavy atom. The van der Waals surface area contributed by atoms with Gasteiger partial charge < -0.3 is 15.0 Å². The van der Waals surface area contributed by atoms with E-state index in [1.807, 2.05) is 55.5 Å². The molecule has 1 fully saturated rings. The minimum atomic E-state index is -0.253. The molecule has 0 saturated carbocycles. The minimum Gasteiger partial charge on any atom is -0.496 e.